The molecule has 20 N–H and O–H groups in total. The maximum Gasteiger partial charge on any atom is 0.312 e. The molecule has 12 amide bonds. The molecule has 0 aromatic heterocycles. The van der Waals surface area contributed by atoms with Crippen molar-refractivity contribution in [3.8, 4) is 0 Å². The highest BCUT2D eigenvalue weighted by molar-refractivity contribution is 6.30. The highest BCUT2D eigenvalue weighted by atomic mass is 35.5. The number of guanidine groups is 1. The monoisotopic (exact) mass is 1620 g/mol. The van der Waals surface area contributed by atoms with E-state index in [2.05, 4.69) is 58.1 Å². The molecule has 2 aliphatic heterocycles. The van der Waals surface area contributed by atoms with Crippen LogP contribution in [-0.4, -0.2) is 234 Å². The Morgan fingerprint density at radius 1 is 0.509 bits per heavy atom. The SMILES string of the molecule is CC(C)C[C@H](NC(=O)[C@@H](Cc1ccc(CN2CCOCC2)cc1)NC(=O)[C@H](Cc1ccc(CN(CCO)CCO)cc1)NC(=O)[C@H](CO)NC(=O)[C@@H](Cc1ccccc1)NC(=O)[C@@H](Cc1ccc(Cl)cc1)NC(=O)[C@@H](Cc1ccc2ccccc2c1)NC(N)=O)C(=O)N[C@@H](CCCNC(=N)N)C(=O)N1CCC[C@H]1C(=O)N[C@H](C)C(N)=O. The average molecular weight is 1620 g/mol. The van der Waals surface area contributed by atoms with Crippen LogP contribution in [-0.2, 0) is 97.9 Å². The van der Waals surface area contributed by atoms with E-state index in [1.807, 2.05) is 67.3 Å². The van der Waals surface area contributed by atoms with Gasteiger partial charge in [0.05, 0.1) is 33.0 Å². The molecule has 6 aromatic carbocycles. The van der Waals surface area contributed by atoms with Gasteiger partial charge >= 0.3 is 6.03 Å². The molecule has 2 heterocycles. The Morgan fingerprint density at radius 3 is 1.46 bits per heavy atom. The number of morpholine rings is 1. The van der Waals surface area contributed by atoms with E-state index < -0.39 is 132 Å². The summed E-state index contributed by atoms with van der Waals surface area (Å²) in [6.45, 7) is 7.83. The van der Waals surface area contributed by atoms with Crippen molar-refractivity contribution in [3.63, 3.8) is 0 Å². The predicted octanol–water partition coefficient (Wildman–Crippen LogP) is 0.338. The number of hydrogen-bond acceptors (Lipinski definition) is 18. The fourth-order valence-corrected chi connectivity index (χ4v) is 14.0. The Bertz CT molecular complexity index is 4290. The first-order valence-corrected chi connectivity index (χ1v) is 39.5. The fourth-order valence-electron chi connectivity index (χ4n) is 13.9. The number of amides is 12. The van der Waals surface area contributed by atoms with Crippen LogP contribution in [0.5, 0.6) is 0 Å². The van der Waals surface area contributed by atoms with E-state index in [4.69, 9.17) is 38.9 Å². The number of benzene rings is 6. The zero-order valence-electron chi connectivity index (χ0n) is 65.7. The number of nitrogens with one attached hydrogen (secondary N) is 11. The highest BCUT2D eigenvalue weighted by Crippen LogP contribution is 2.23. The first kappa shape index (κ1) is 90.4. The second-order valence-electron chi connectivity index (χ2n) is 29.7. The summed E-state index contributed by atoms with van der Waals surface area (Å²) in [5.74, 6) is -9.01. The smallest absolute Gasteiger partial charge is 0.312 e. The van der Waals surface area contributed by atoms with Crippen molar-refractivity contribution in [1.82, 2.24) is 67.9 Å². The number of likely N-dealkylation sites (tertiary alicyclic amines) is 1. The average Bonchev–Trinajstić information content (AvgIpc) is 1.73. The molecule has 624 valence electrons. The molecule has 33 heteroatoms. The maximum absolute atomic E-state index is 15.5. The van der Waals surface area contributed by atoms with Crippen LogP contribution in [0.25, 0.3) is 10.8 Å². The van der Waals surface area contributed by atoms with Gasteiger partial charge in [-0.05, 0) is 107 Å². The number of urea groups is 1. The molecule has 6 aromatic rings. The van der Waals surface area contributed by atoms with Crippen molar-refractivity contribution in [2.24, 2.45) is 23.1 Å². The molecule has 0 saturated carbocycles. The summed E-state index contributed by atoms with van der Waals surface area (Å²) in [6, 6.07) is 27.3. The van der Waals surface area contributed by atoms with E-state index in [1.54, 1.807) is 97.1 Å². The van der Waals surface area contributed by atoms with Crippen molar-refractivity contribution < 1.29 is 72.8 Å². The molecule has 32 nitrogen and oxygen atoms in total. The van der Waals surface area contributed by atoms with Crippen LogP contribution < -0.4 is 70.4 Å². The van der Waals surface area contributed by atoms with Gasteiger partial charge in [-0.2, -0.15) is 0 Å². The van der Waals surface area contributed by atoms with Crippen LogP contribution >= 0.6 is 11.6 Å². The van der Waals surface area contributed by atoms with Gasteiger partial charge in [-0.15, -0.1) is 0 Å². The van der Waals surface area contributed by atoms with E-state index in [0.29, 0.717) is 78.7 Å². The van der Waals surface area contributed by atoms with Crippen molar-refractivity contribution >= 4 is 93.4 Å². The molecule has 2 fully saturated rings. The van der Waals surface area contributed by atoms with Gasteiger partial charge in [0.15, 0.2) is 5.96 Å². The van der Waals surface area contributed by atoms with Gasteiger partial charge in [0.1, 0.15) is 60.4 Å². The summed E-state index contributed by atoms with van der Waals surface area (Å²) in [6.07, 6.45) is -0.0614. The zero-order chi connectivity index (χ0) is 83.8. The summed E-state index contributed by atoms with van der Waals surface area (Å²) in [7, 11) is 0. The van der Waals surface area contributed by atoms with Crippen LogP contribution in [0, 0.1) is 11.3 Å². The van der Waals surface area contributed by atoms with Crippen LogP contribution in [0.3, 0.4) is 0 Å². The maximum atomic E-state index is 15.5. The summed E-state index contributed by atoms with van der Waals surface area (Å²) < 4.78 is 5.56. The van der Waals surface area contributed by atoms with Crippen LogP contribution in [0.2, 0.25) is 5.02 Å². The molecule has 10 atom stereocenters. The zero-order valence-corrected chi connectivity index (χ0v) is 66.4. The quantitative estimate of drug-likeness (QED) is 0.0139. The Hall–Kier alpha value is -11.1. The van der Waals surface area contributed by atoms with Crippen molar-refractivity contribution in [2.75, 3.05) is 72.3 Å². The minimum Gasteiger partial charge on any atom is -0.395 e. The van der Waals surface area contributed by atoms with Gasteiger partial charge in [0.2, 0.25) is 59.1 Å². The van der Waals surface area contributed by atoms with Gasteiger partial charge in [-0.25, -0.2) is 4.79 Å². The van der Waals surface area contributed by atoms with Crippen molar-refractivity contribution in [2.45, 2.75) is 158 Å². The first-order valence-electron chi connectivity index (χ1n) is 39.1. The number of ether oxygens (including phenoxy) is 1. The number of aliphatic hydroxyl groups is 3. The van der Waals surface area contributed by atoms with E-state index in [9.17, 15) is 44.1 Å². The molecular weight excluding hydrogens is 1510 g/mol. The van der Waals surface area contributed by atoms with Crippen LogP contribution in [0.15, 0.2) is 146 Å². The molecule has 2 aliphatic rings. The van der Waals surface area contributed by atoms with E-state index >= 15 is 24.0 Å². The predicted molar refractivity (Wildman–Crippen MR) is 436 cm³/mol. The third-order valence-corrected chi connectivity index (χ3v) is 20.4. The summed E-state index contributed by atoms with van der Waals surface area (Å²) in [5.41, 5.74) is 21.1. The second-order valence-corrected chi connectivity index (χ2v) is 30.1. The molecule has 0 spiro atoms. The number of carbonyl (C=O) groups excluding carboxylic acids is 11. The first-order chi connectivity index (χ1) is 55.6. The minimum atomic E-state index is -1.84. The summed E-state index contributed by atoms with van der Waals surface area (Å²) >= 11 is 6.28. The number of fused-ring (bicyclic) bond motifs is 1. The normalized spacial score (nSPS) is 15.9. The third-order valence-electron chi connectivity index (χ3n) is 20.1. The lowest BCUT2D eigenvalue weighted by Crippen LogP contribution is -2.62. The summed E-state index contributed by atoms with van der Waals surface area (Å²) in [5, 5.41) is 67.7. The molecular formula is C83H110ClN17O15. The Balaban J connectivity index is 1.10. The molecule has 0 radical (unpaired) electrons. The second kappa shape index (κ2) is 45.8. The fraction of sp³-hybridized carbons (Fsp3) is 0.446. The molecule has 8 rings (SSSR count). The van der Waals surface area contributed by atoms with E-state index in [-0.39, 0.29) is 109 Å². The Morgan fingerprint density at radius 2 is 0.948 bits per heavy atom. The number of carbonyl (C=O) groups is 11. The van der Waals surface area contributed by atoms with Gasteiger partial charge in [0.25, 0.3) is 0 Å². The van der Waals surface area contributed by atoms with Gasteiger partial charge in [0, 0.05) is 89.5 Å². The number of primary amides is 2. The van der Waals surface area contributed by atoms with Crippen LogP contribution in [0.4, 0.5) is 4.79 Å². The Labute approximate surface area is 679 Å². The molecule has 0 bridgehead atoms. The molecule has 2 saturated heterocycles. The number of nitrogens with zero attached hydrogens (tertiary/aromatic N) is 3. The topological polar surface area (TPSA) is 490 Å². The largest absolute Gasteiger partial charge is 0.395 e. The Kier molecular flexibility index (Phi) is 35.7. The number of hydrogen-bond donors (Lipinski definition) is 17. The molecule has 0 unspecified atom stereocenters. The molecule has 116 heavy (non-hydrogen) atoms. The van der Waals surface area contributed by atoms with E-state index in [1.165, 1.54) is 11.8 Å². The van der Waals surface area contributed by atoms with Gasteiger partial charge in [-0.1, -0.05) is 159 Å². The third kappa shape index (κ3) is 29.0. The van der Waals surface area contributed by atoms with Crippen molar-refractivity contribution in [1.29, 1.82) is 5.41 Å². The molecule has 0 aliphatic carbocycles. The number of aliphatic hydroxyl groups excluding tert-OH is 3. The minimum absolute atomic E-state index is 0.00202. The standard InChI is InChI=1S/C83H110ClN17O15/c1-51(2)41-64(73(106)91-63(15-9-31-89-82(86)87)81(114)101-32-10-16-71(101)80(113)90-52(3)72(85)105)92-74(107)66(44-54-19-23-58(24-20-54)49-100-35-39-116-40-36-100)94-76(109)68(45-55-17-21-57(22-18-55)48-99(33-37-102)34-38-103)96-79(112)70(50-104)97-77(110)65(43-53-11-5-4-6-12-53)93-75(108)67(46-56-26-29-62(84)30-27-56)95-78(111)69(98-83(88)115)47-59-25-28-60-13-7-8-14-61(60)42-59/h4-8,11-14,17-30,42,51-52,63-71,102-104H,9-10,15-16,31-41,43-50H2,1-3H3,(H2,85,105)(H,90,113)(H,91,106)(H,92,107)(H,93,108)(H,94,109)(H,95,111)(H,96,112)(H,97,110)(H4,86,87,89)(H3,88,98,115)/t52-,63+,64+,65-,66-,67-,68+,69-,70+,71+/m1/s1. The number of nitrogens with two attached hydrogens (primary N) is 3. The van der Waals surface area contributed by atoms with E-state index in [0.717, 1.165) is 21.9 Å². The summed E-state index contributed by atoms with van der Waals surface area (Å²) in [4.78, 5) is 164. The highest BCUT2D eigenvalue weighted by Gasteiger charge is 2.41. The van der Waals surface area contributed by atoms with Gasteiger partial charge in [-0.3, -0.25) is 63.2 Å². The number of halogens is 1. The lowest BCUT2D eigenvalue weighted by atomic mass is 9.99. The van der Waals surface area contributed by atoms with Crippen LogP contribution in [0.1, 0.15) is 91.8 Å². The lowest BCUT2D eigenvalue weighted by Gasteiger charge is -2.31. The van der Waals surface area contributed by atoms with Crippen molar-refractivity contribution in [3.05, 3.63) is 190 Å². The van der Waals surface area contributed by atoms with Gasteiger partial charge < -0.3 is 95.3 Å². The lowest BCUT2D eigenvalue weighted by molar-refractivity contribution is -0.142. The number of rotatable bonds is 44.